The van der Waals surface area contributed by atoms with Crippen LogP contribution >= 0.6 is 0 Å². The van der Waals surface area contributed by atoms with Gasteiger partial charge < -0.3 is 0 Å². The van der Waals surface area contributed by atoms with E-state index in [1.807, 2.05) is 0 Å². The number of benzene rings is 2. The van der Waals surface area contributed by atoms with Crippen molar-refractivity contribution in [2.75, 3.05) is 0 Å². The van der Waals surface area contributed by atoms with Crippen molar-refractivity contribution in [2.45, 2.75) is 46.0 Å². The maximum Gasteiger partial charge on any atom is 0.167 e. The molecule has 0 N–H and O–H groups in total. The second kappa shape index (κ2) is 5.36. The van der Waals surface area contributed by atoms with E-state index in [-0.39, 0.29) is 34.1 Å². The first-order chi connectivity index (χ1) is 10.7. The lowest BCUT2D eigenvalue weighted by molar-refractivity contribution is 0.487. The molecule has 0 aliphatic heterocycles. The SMILES string of the molecule is CC(C)c1cc2c(c(F)c1F)-c1c(cc(C(C)C)c(F)c1F)C2. The normalized spacial score (nSPS) is 13.0. The molecule has 23 heavy (non-hydrogen) atoms. The highest BCUT2D eigenvalue weighted by Crippen LogP contribution is 2.44. The van der Waals surface area contributed by atoms with Crippen molar-refractivity contribution in [2.24, 2.45) is 0 Å². The molecule has 2 aromatic carbocycles. The topological polar surface area (TPSA) is 0 Å². The largest absolute Gasteiger partial charge is 0.203 e. The highest BCUT2D eigenvalue weighted by molar-refractivity contribution is 5.79. The summed E-state index contributed by atoms with van der Waals surface area (Å²) in [5.74, 6) is -4.49. The maximum atomic E-state index is 14.5. The summed E-state index contributed by atoms with van der Waals surface area (Å²) in [6.07, 6.45) is 0.290. The smallest absolute Gasteiger partial charge is 0.167 e. The second-order valence-corrected chi connectivity index (χ2v) is 6.74. The Kier molecular flexibility index (Phi) is 3.74. The van der Waals surface area contributed by atoms with Crippen molar-refractivity contribution in [3.8, 4) is 11.1 Å². The van der Waals surface area contributed by atoms with Crippen LogP contribution in [0, 0.1) is 23.3 Å². The molecule has 0 atom stereocenters. The Morgan fingerprint density at radius 2 is 1.00 bits per heavy atom. The number of rotatable bonds is 2. The van der Waals surface area contributed by atoms with E-state index in [1.165, 1.54) is 0 Å². The van der Waals surface area contributed by atoms with Crippen LogP contribution in [-0.2, 0) is 6.42 Å². The van der Waals surface area contributed by atoms with Crippen LogP contribution in [0.1, 0.15) is 61.8 Å². The van der Waals surface area contributed by atoms with Crippen molar-refractivity contribution in [3.63, 3.8) is 0 Å². The summed E-state index contributed by atoms with van der Waals surface area (Å²) >= 11 is 0. The molecular weight excluding hydrogens is 304 g/mol. The number of fused-ring (bicyclic) bond motifs is 3. The van der Waals surface area contributed by atoms with Crippen LogP contribution in [0.4, 0.5) is 17.6 Å². The van der Waals surface area contributed by atoms with E-state index < -0.39 is 23.3 Å². The molecule has 0 bridgehead atoms. The van der Waals surface area contributed by atoms with Gasteiger partial charge in [0.1, 0.15) is 0 Å². The summed E-state index contributed by atoms with van der Waals surface area (Å²) in [5, 5.41) is 0. The van der Waals surface area contributed by atoms with E-state index in [0.717, 1.165) is 0 Å². The molecule has 0 fully saturated rings. The average molecular weight is 322 g/mol. The summed E-state index contributed by atoms with van der Waals surface area (Å²) in [7, 11) is 0. The molecule has 0 aromatic heterocycles. The molecule has 1 aliphatic carbocycles. The lowest BCUT2D eigenvalue weighted by atomic mass is 9.94. The van der Waals surface area contributed by atoms with Gasteiger partial charge in [-0.3, -0.25) is 0 Å². The van der Waals surface area contributed by atoms with Gasteiger partial charge in [0, 0.05) is 11.1 Å². The molecule has 0 amide bonds. The monoisotopic (exact) mass is 322 g/mol. The van der Waals surface area contributed by atoms with Crippen LogP contribution in [0.5, 0.6) is 0 Å². The van der Waals surface area contributed by atoms with Gasteiger partial charge in [0.15, 0.2) is 23.3 Å². The molecule has 0 heterocycles. The van der Waals surface area contributed by atoms with E-state index in [4.69, 9.17) is 0 Å². The third-order valence-electron chi connectivity index (χ3n) is 4.51. The van der Waals surface area contributed by atoms with Gasteiger partial charge in [-0.1, -0.05) is 39.8 Å². The summed E-state index contributed by atoms with van der Waals surface area (Å²) in [4.78, 5) is 0. The molecule has 0 spiro atoms. The third-order valence-corrected chi connectivity index (χ3v) is 4.51. The Morgan fingerprint density at radius 3 is 1.30 bits per heavy atom. The third kappa shape index (κ3) is 2.27. The van der Waals surface area contributed by atoms with Gasteiger partial charge in [0.25, 0.3) is 0 Å². The van der Waals surface area contributed by atoms with Gasteiger partial charge in [-0.15, -0.1) is 0 Å². The maximum absolute atomic E-state index is 14.5. The summed E-state index contributed by atoms with van der Waals surface area (Å²) in [6, 6.07) is 3.15. The van der Waals surface area contributed by atoms with Crippen molar-refractivity contribution < 1.29 is 17.6 Å². The van der Waals surface area contributed by atoms with E-state index in [0.29, 0.717) is 17.5 Å². The lowest BCUT2D eigenvalue weighted by Gasteiger charge is -2.13. The van der Waals surface area contributed by atoms with Gasteiger partial charge in [-0.25, -0.2) is 17.6 Å². The quantitative estimate of drug-likeness (QED) is 0.503. The van der Waals surface area contributed by atoms with Gasteiger partial charge >= 0.3 is 0 Å². The van der Waals surface area contributed by atoms with Gasteiger partial charge in [-0.2, -0.15) is 0 Å². The predicted octanol–water partition coefficient (Wildman–Crippen LogP) is 6.06. The minimum atomic E-state index is -1.08. The first-order valence-electron chi connectivity index (χ1n) is 7.75. The Bertz CT molecular complexity index is 736. The Morgan fingerprint density at radius 1 is 0.652 bits per heavy atom. The van der Waals surface area contributed by atoms with Crippen LogP contribution in [0.25, 0.3) is 11.1 Å². The Hall–Kier alpha value is -1.84. The van der Waals surface area contributed by atoms with Gasteiger partial charge in [-0.05, 0) is 40.5 Å². The molecule has 2 aromatic rings. The van der Waals surface area contributed by atoms with E-state index in [1.54, 1.807) is 39.8 Å². The van der Waals surface area contributed by atoms with Crippen LogP contribution in [0.3, 0.4) is 0 Å². The molecule has 0 saturated heterocycles. The number of hydrogen-bond donors (Lipinski definition) is 0. The molecule has 4 heteroatoms. The van der Waals surface area contributed by atoms with Crippen LogP contribution in [-0.4, -0.2) is 0 Å². The van der Waals surface area contributed by atoms with E-state index in [2.05, 4.69) is 0 Å². The zero-order valence-electron chi connectivity index (χ0n) is 13.5. The Balaban J connectivity index is 2.31. The zero-order valence-corrected chi connectivity index (χ0v) is 13.5. The van der Waals surface area contributed by atoms with Crippen molar-refractivity contribution in [3.05, 3.63) is 57.7 Å². The van der Waals surface area contributed by atoms with Crippen LogP contribution in [0.15, 0.2) is 12.1 Å². The minimum Gasteiger partial charge on any atom is -0.203 e. The molecule has 122 valence electrons. The summed E-state index contributed by atoms with van der Waals surface area (Å²) < 4.78 is 57.5. The first-order valence-corrected chi connectivity index (χ1v) is 7.75. The standard InChI is InChI=1S/C19H18F4/c1-8(2)12-6-10-5-11-7-13(9(3)4)17(21)19(23)15(11)14(10)18(22)16(12)20/h6-9H,5H2,1-4H3. The van der Waals surface area contributed by atoms with Crippen LogP contribution < -0.4 is 0 Å². The van der Waals surface area contributed by atoms with Gasteiger partial charge in [0.2, 0.25) is 0 Å². The predicted molar refractivity (Wildman–Crippen MR) is 82.7 cm³/mol. The fourth-order valence-electron chi connectivity index (χ4n) is 3.27. The average Bonchev–Trinajstić information content (AvgIpc) is 2.84. The zero-order chi connectivity index (χ0) is 17.0. The Labute approximate surface area is 133 Å². The molecule has 3 rings (SSSR count). The molecular formula is C19H18F4. The molecule has 1 aliphatic rings. The highest BCUT2D eigenvalue weighted by Gasteiger charge is 2.32. The fourth-order valence-corrected chi connectivity index (χ4v) is 3.27. The summed E-state index contributed by atoms with van der Waals surface area (Å²) in [5.41, 5.74) is 1.30. The number of hydrogen-bond acceptors (Lipinski definition) is 0. The second-order valence-electron chi connectivity index (χ2n) is 6.74. The van der Waals surface area contributed by atoms with Crippen molar-refractivity contribution in [1.29, 1.82) is 0 Å². The summed E-state index contributed by atoms with van der Waals surface area (Å²) in [6.45, 7) is 7.07. The van der Waals surface area contributed by atoms with E-state index >= 15 is 0 Å². The molecule has 0 nitrogen and oxygen atoms in total. The molecule has 0 saturated carbocycles. The van der Waals surface area contributed by atoms with Crippen molar-refractivity contribution in [1.82, 2.24) is 0 Å². The van der Waals surface area contributed by atoms with E-state index in [9.17, 15) is 17.6 Å². The van der Waals surface area contributed by atoms with Crippen molar-refractivity contribution >= 4 is 0 Å². The van der Waals surface area contributed by atoms with Gasteiger partial charge in [0.05, 0.1) is 0 Å². The lowest BCUT2D eigenvalue weighted by Crippen LogP contribution is -2.03. The highest BCUT2D eigenvalue weighted by atomic mass is 19.2. The fraction of sp³-hybridized carbons (Fsp3) is 0.368. The number of halogens is 4. The minimum absolute atomic E-state index is 0.131. The molecule has 0 radical (unpaired) electrons. The van der Waals surface area contributed by atoms with Crippen LogP contribution in [0.2, 0.25) is 0 Å². The first kappa shape index (κ1) is 16.0. The molecule has 0 unspecified atom stereocenters.